The Bertz CT molecular complexity index is 958. The first kappa shape index (κ1) is 16.6. The number of rotatable bonds is 2. The Balaban J connectivity index is 1.57. The molecule has 2 aromatic heterocycles. The van der Waals surface area contributed by atoms with Crippen LogP contribution in [0.2, 0.25) is 0 Å². The van der Waals surface area contributed by atoms with Gasteiger partial charge < -0.3 is 4.90 Å². The molecule has 134 valence electrons. The lowest BCUT2D eigenvalue weighted by Gasteiger charge is -2.38. The lowest BCUT2D eigenvalue weighted by atomic mass is 9.82. The van der Waals surface area contributed by atoms with Crippen LogP contribution in [0.15, 0.2) is 30.7 Å². The lowest BCUT2D eigenvalue weighted by molar-refractivity contribution is -0.134. The molecule has 3 heterocycles. The van der Waals surface area contributed by atoms with Crippen LogP contribution in [-0.4, -0.2) is 44.6 Å². The summed E-state index contributed by atoms with van der Waals surface area (Å²) in [5, 5.41) is 5.18. The summed E-state index contributed by atoms with van der Waals surface area (Å²) < 4.78 is 40.4. The van der Waals surface area contributed by atoms with Gasteiger partial charge in [-0.15, -0.1) is 0 Å². The van der Waals surface area contributed by atoms with Crippen molar-refractivity contribution in [2.45, 2.75) is 24.8 Å². The molecule has 1 amide bonds. The Hall–Kier alpha value is -2.82. The molecule has 0 radical (unpaired) electrons. The summed E-state index contributed by atoms with van der Waals surface area (Å²) in [5.41, 5.74) is 1.08. The minimum Gasteiger partial charge on any atom is -0.332 e. The topological polar surface area (TPSA) is 51.0 Å². The van der Waals surface area contributed by atoms with Gasteiger partial charge in [0.15, 0.2) is 11.5 Å². The molecule has 0 atom stereocenters. The number of hydrogen-bond donors (Lipinski definition) is 0. The van der Waals surface area contributed by atoms with Crippen molar-refractivity contribution >= 4 is 16.9 Å². The number of carbonyl (C=O) groups excluding carboxylic acids is 1. The zero-order chi connectivity index (χ0) is 18.5. The number of alkyl halides is 2. The normalized spacial score (nSPS) is 19.4. The summed E-state index contributed by atoms with van der Waals surface area (Å²) in [6, 6.07) is 3.43. The van der Waals surface area contributed by atoms with Gasteiger partial charge in [0.1, 0.15) is 5.69 Å². The number of aromatic nitrogens is 3. The average Bonchev–Trinajstić information content (AvgIpc) is 2.88. The van der Waals surface area contributed by atoms with Crippen molar-refractivity contribution in [1.29, 1.82) is 0 Å². The van der Waals surface area contributed by atoms with Gasteiger partial charge in [0.05, 0.1) is 11.4 Å². The van der Waals surface area contributed by atoms with Crippen molar-refractivity contribution in [1.82, 2.24) is 19.7 Å². The molecule has 2 aromatic rings. The van der Waals surface area contributed by atoms with Gasteiger partial charge in [-0.25, -0.2) is 22.8 Å². The van der Waals surface area contributed by atoms with E-state index in [0.717, 1.165) is 5.39 Å². The Labute approximate surface area is 147 Å². The summed E-state index contributed by atoms with van der Waals surface area (Å²) in [5.74, 6) is 1.10. The minimum absolute atomic E-state index is 0.140. The van der Waals surface area contributed by atoms with E-state index in [2.05, 4.69) is 28.5 Å². The van der Waals surface area contributed by atoms with Crippen LogP contribution in [0, 0.1) is 17.8 Å². The molecule has 8 heteroatoms. The van der Waals surface area contributed by atoms with Crippen molar-refractivity contribution in [3.8, 4) is 11.8 Å². The van der Waals surface area contributed by atoms with Crippen LogP contribution < -0.4 is 0 Å². The van der Waals surface area contributed by atoms with Gasteiger partial charge in [0.25, 0.3) is 11.8 Å². The van der Waals surface area contributed by atoms with E-state index in [1.54, 1.807) is 16.9 Å². The number of pyridine rings is 1. The molecule has 0 unspecified atom stereocenters. The molecule has 0 bridgehead atoms. The Morgan fingerprint density at radius 3 is 2.73 bits per heavy atom. The summed E-state index contributed by atoms with van der Waals surface area (Å²) in [7, 11) is 0. The molecule has 0 spiro atoms. The molecule has 0 aromatic carbocycles. The quantitative estimate of drug-likeness (QED) is 0.611. The zero-order valence-corrected chi connectivity index (χ0v) is 13.8. The second kappa shape index (κ2) is 5.87. The first-order valence-electron chi connectivity index (χ1n) is 8.20. The molecule has 1 aliphatic carbocycles. The molecule has 1 saturated carbocycles. The third-order valence-corrected chi connectivity index (χ3v) is 4.68. The van der Waals surface area contributed by atoms with Gasteiger partial charge in [0.2, 0.25) is 0 Å². The number of amides is 1. The Morgan fingerprint density at radius 2 is 2.08 bits per heavy atom. The molecule has 0 N–H and O–H groups in total. The van der Waals surface area contributed by atoms with Gasteiger partial charge in [0, 0.05) is 38.0 Å². The molecular formula is C18H15F3N4O. The van der Waals surface area contributed by atoms with Gasteiger partial charge in [-0.2, -0.15) is 5.10 Å². The van der Waals surface area contributed by atoms with E-state index in [9.17, 15) is 18.0 Å². The Kier molecular flexibility index (Phi) is 3.75. The highest BCUT2D eigenvalue weighted by atomic mass is 19.3. The van der Waals surface area contributed by atoms with Crippen molar-refractivity contribution in [2.24, 2.45) is 5.92 Å². The monoisotopic (exact) mass is 360 g/mol. The highest BCUT2D eigenvalue weighted by Gasteiger charge is 2.44. The fraction of sp³-hybridized carbons (Fsp3) is 0.389. The van der Waals surface area contributed by atoms with Crippen LogP contribution in [0.1, 0.15) is 24.6 Å². The van der Waals surface area contributed by atoms with E-state index >= 15 is 0 Å². The predicted octanol–water partition coefficient (Wildman–Crippen LogP) is 2.69. The van der Waals surface area contributed by atoms with Crippen molar-refractivity contribution in [2.75, 3.05) is 13.1 Å². The first-order valence-corrected chi connectivity index (χ1v) is 8.20. The van der Waals surface area contributed by atoms with Crippen LogP contribution in [0.3, 0.4) is 0 Å². The van der Waals surface area contributed by atoms with Crippen molar-refractivity contribution in [3.63, 3.8) is 0 Å². The first-order chi connectivity index (χ1) is 12.3. The highest BCUT2D eigenvalue weighted by molar-refractivity contribution is 5.91. The van der Waals surface area contributed by atoms with E-state index in [4.69, 9.17) is 0 Å². The molecule has 1 saturated heterocycles. The molecule has 2 aliphatic rings. The molecular weight excluding hydrogens is 345 g/mol. The maximum atomic E-state index is 12.9. The van der Waals surface area contributed by atoms with Gasteiger partial charge in [-0.05, 0) is 18.1 Å². The minimum atomic E-state index is -2.61. The van der Waals surface area contributed by atoms with E-state index in [1.165, 1.54) is 4.90 Å². The van der Waals surface area contributed by atoms with E-state index in [0.29, 0.717) is 24.4 Å². The van der Waals surface area contributed by atoms with E-state index in [-0.39, 0.29) is 24.8 Å². The number of likely N-dealkylation sites (tertiary alicyclic amines) is 1. The predicted molar refractivity (Wildman–Crippen MR) is 87.9 cm³/mol. The summed E-state index contributed by atoms with van der Waals surface area (Å²) >= 11 is 0. The van der Waals surface area contributed by atoms with Crippen LogP contribution in [0.4, 0.5) is 13.2 Å². The number of fused-ring (bicyclic) bond motifs is 1. The summed E-state index contributed by atoms with van der Waals surface area (Å²) in [4.78, 5) is 17.2. The highest BCUT2D eigenvalue weighted by Crippen LogP contribution is 2.41. The Morgan fingerprint density at radius 1 is 1.35 bits per heavy atom. The second-order valence-corrected chi connectivity index (χ2v) is 6.67. The van der Waals surface area contributed by atoms with Gasteiger partial charge >= 0.3 is 0 Å². The maximum Gasteiger partial charge on any atom is 0.282 e. The maximum absolute atomic E-state index is 12.9. The van der Waals surface area contributed by atoms with Gasteiger partial charge in [-0.1, -0.05) is 12.5 Å². The fourth-order valence-corrected chi connectivity index (χ4v) is 3.20. The second-order valence-electron chi connectivity index (χ2n) is 6.67. The molecule has 5 nitrogen and oxygen atoms in total. The van der Waals surface area contributed by atoms with E-state index in [1.807, 2.05) is 6.07 Å². The fourth-order valence-electron chi connectivity index (χ4n) is 3.20. The molecule has 4 rings (SSSR count). The summed E-state index contributed by atoms with van der Waals surface area (Å²) in [6.07, 6.45) is 1.18. The van der Waals surface area contributed by atoms with Crippen LogP contribution in [0.25, 0.3) is 11.0 Å². The largest absolute Gasteiger partial charge is 0.332 e. The number of carbonyl (C=O) groups is 1. The van der Waals surface area contributed by atoms with Crippen LogP contribution in [-0.2, 0) is 4.79 Å². The molecule has 2 fully saturated rings. The average molecular weight is 360 g/mol. The molecule has 1 aliphatic heterocycles. The van der Waals surface area contributed by atoms with Crippen LogP contribution >= 0.6 is 0 Å². The molecule has 26 heavy (non-hydrogen) atoms. The number of halogens is 3. The SMILES string of the molecule is C=C(F)C(=O)N1CC(n2nc(C#CC3CC(F)(F)C3)c3cccnc32)C1. The number of hydrogen-bond acceptors (Lipinski definition) is 3. The van der Waals surface area contributed by atoms with Crippen molar-refractivity contribution in [3.05, 3.63) is 36.4 Å². The number of nitrogens with zero attached hydrogens (tertiary/aromatic N) is 4. The van der Waals surface area contributed by atoms with Crippen molar-refractivity contribution < 1.29 is 18.0 Å². The third-order valence-electron chi connectivity index (χ3n) is 4.68. The van der Waals surface area contributed by atoms with Gasteiger partial charge in [-0.3, -0.25) is 4.79 Å². The van der Waals surface area contributed by atoms with E-state index < -0.39 is 17.7 Å². The third kappa shape index (κ3) is 2.83. The lowest BCUT2D eigenvalue weighted by Crippen LogP contribution is -2.51. The smallest absolute Gasteiger partial charge is 0.282 e. The van der Waals surface area contributed by atoms with Crippen LogP contribution in [0.5, 0.6) is 0 Å². The summed E-state index contributed by atoms with van der Waals surface area (Å²) in [6.45, 7) is 3.61. The zero-order valence-electron chi connectivity index (χ0n) is 13.8. The standard InChI is InChI=1S/C18H15F3N4O/c1-11(19)17(26)24-9-13(10-24)25-16-14(3-2-6-22-16)15(23-25)5-4-12-7-18(20,21)8-12/h2-3,6,12-13H,1,7-10H2.